The summed E-state index contributed by atoms with van der Waals surface area (Å²) in [4.78, 5) is 38.5. The Balaban J connectivity index is 1.08. The minimum Gasteiger partial charge on any atom is -0.481 e. The summed E-state index contributed by atoms with van der Waals surface area (Å²) in [6.45, 7) is 4.63. The Hall–Kier alpha value is -3.35. The number of hydrogen-bond donors (Lipinski definition) is 2. The van der Waals surface area contributed by atoms with Crippen LogP contribution in [0, 0.1) is 17.3 Å². The molecule has 0 bridgehead atoms. The number of hydrogen-bond acceptors (Lipinski definition) is 4. The summed E-state index contributed by atoms with van der Waals surface area (Å²) in [5, 5.41) is 12.5. The van der Waals surface area contributed by atoms with Gasteiger partial charge in [0.2, 0.25) is 5.91 Å². The lowest BCUT2D eigenvalue weighted by Gasteiger charge is -2.36. The number of rotatable bonds is 6. The van der Waals surface area contributed by atoms with Crippen molar-refractivity contribution in [2.45, 2.75) is 45.1 Å². The van der Waals surface area contributed by atoms with Gasteiger partial charge in [-0.1, -0.05) is 55.5 Å². The van der Waals surface area contributed by atoms with Gasteiger partial charge in [0.05, 0.1) is 5.41 Å². The molecule has 1 saturated heterocycles. The molecule has 3 aliphatic rings. The summed E-state index contributed by atoms with van der Waals surface area (Å²) < 4.78 is 5.62. The number of benzene rings is 2. The van der Waals surface area contributed by atoms with E-state index in [2.05, 4.69) is 29.6 Å². The molecular formula is C28H32N2O5. The molecule has 1 saturated carbocycles. The number of carbonyl (C=O) groups excluding carboxylic acids is 2. The highest BCUT2D eigenvalue weighted by Gasteiger charge is 2.48. The van der Waals surface area contributed by atoms with Gasteiger partial charge in [-0.3, -0.25) is 9.59 Å². The van der Waals surface area contributed by atoms with Crippen molar-refractivity contribution >= 4 is 18.0 Å². The van der Waals surface area contributed by atoms with E-state index in [1.165, 1.54) is 22.3 Å². The van der Waals surface area contributed by atoms with E-state index >= 15 is 0 Å². The first-order valence-electron chi connectivity index (χ1n) is 12.4. The topological polar surface area (TPSA) is 95.9 Å². The van der Waals surface area contributed by atoms with E-state index in [1.807, 2.05) is 31.2 Å². The Kier molecular flexibility index (Phi) is 6.03. The molecule has 2 atom stereocenters. The van der Waals surface area contributed by atoms with Gasteiger partial charge in [-0.15, -0.1) is 0 Å². The van der Waals surface area contributed by atoms with Crippen LogP contribution in [0.15, 0.2) is 48.5 Å². The zero-order valence-electron chi connectivity index (χ0n) is 20.2. The summed E-state index contributed by atoms with van der Waals surface area (Å²) in [7, 11) is 0. The zero-order valence-corrected chi connectivity index (χ0v) is 20.2. The van der Waals surface area contributed by atoms with Gasteiger partial charge >= 0.3 is 12.1 Å². The van der Waals surface area contributed by atoms with Crippen LogP contribution in [0.5, 0.6) is 0 Å². The quantitative estimate of drug-likeness (QED) is 0.649. The van der Waals surface area contributed by atoms with Crippen molar-refractivity contribution in [3.8, 4) is 11.1 Å². The van der Waals surface area contributed by atoms with Crippen LogP contribution < -0.4 is 5.32 Å². The molecule has 1 heterocycles. The number of ether oxygens (including phenoxy) is 1. The lowest BCUT2D eigenvalue weighted by atomic mass is 9.78. The molecule has 7 heteroatoms. The third-order valence-corrected chi connectivity index (χ3v) is 8.31. The second kappa shape index (κ2) is 9.02. The van der Waals surface area contributed by atoms with Gasteiger partial charge in [-0.2, -0.15) is 0 Å². The van der Waals surface area contributed by atoms with E-state index < -0.39 is 17.5 Å². The minimum absolute atomic E-state index is 0.00485. The van der Waals surface area contributed by atoms with Crippen molar-refractivity contribution < 1.29 is 24.2 Å². The summed E-state index contributed by atoms with van der Waals surface area (Å²) in [5.41, 5.74) is 3.86. The Morgan fingerprint density at radius 2 is 1.66 bits per heavy atom. The van der Waals surface area contributed by atoms with E-state index in [1.54, 1.807) is 11.8 Å². The van der Waals surface area contributed by atoms with E-state index in [-0.39, 0.29) is 42.9 Å². The highest BCUT2D eigenvalue weighted by molar-refractivity contribution is 5.81. The summed E-state index contributed by atoms with van der Waals surface area (Å²) in [6, 6.07) is 16.5. The fourth-order valence-electron chi connectivity index (χ4n) is 5.82. The molecule has 184 valence electrons. The van der Waals surface area contributed by atoms with Crippen LogP contribution in [0.2, 0.25) is 0 Å². The number of aliphatic carboxylic acids is 1. The van der Waals surface area contributed by atoms with Crippen molar-refractivity contribution in [2.24, 2.45) is 17.3 Å². The summed E-state index contributed by atoms with van der Waals surface area (Å²) >= 11 is 0. The van der Waals surface area contributed by atoms with Crippen molar-refractivity contribution in [3.05, 3.63) is 59.7 Å². The van der Waals surface area contributed by atoms with Gasteiger partial charge in [0.25, 0.3) is 0 Å². The third kappa shape index (κ3) is 4.28. The van der Waals surface area contributed by atoms with Gasteiger partial charge < -0.3 is 20.1 Å². The zero-order chi connectivity index (χ0) is 24.7. The standard InChI is InChI=1S/C28H32N2O5/c1-17-14-30(16-28(17,2)26(32)33)25(31)13-18-11-19(12-18)29-27(34)35-15-24-22-9-5-3-7-20(22)21-8-4-6-10-23(21)24/h3-10,17-19,24H,11-16H2,1-2H3,(H,29,34)(H,32,33)/t17-,18?,19?,28-/m0/s1. The number of likely N-dealkylation sites (tertiary alicyclic amines) is 1. The third-order valence-electron chi connectivity index (χ3n) is 8.31. The van der Waals surface area contributed by atoms with Crippen LogP contribution in [0.25, 0.3) is 11.1 Å². The number of carboxylic acid groups (broad SMARTS) is 1. The van der Waals surface area contributed by atoms with E-state index in [0.29, 0.717) is 13.0 Å². The maximum atomic E-state index is 12.7. The molecule has 2 aromatic carbocycles. The van der Waals surface area contributed by atoms with Gasteiger partial charge in [-0.25, -0.2) is 4.79 Å². The van der Waals surface area contributed by atoms with E-state index in [0.717, 1.165) is 12.8 Å². The number of nitrogens with one attached hydrogen (secondary N) is 1. The molecule has 2 amide bonds. The van der Waals surface area contributed by atoms with Gasteiger partial charge in [0, 0.05) is 31.5 Å². The van der Waals surface area contributed by atoms with Crippen molar-refractivity contribution in [1.29, 1.82) is 0 Å². The second-order valence-corrected chi connectivity index (χ2v) is 10.6. The smallest absolute Gasteiger partial charge is 0.407 e. The molecule has 0 spiro atoms. The van der Waals surface area contributed by atoms with Crippen molar-refractivity contribution in [1.82, 2.24) is 10.2 Å². The van der Waals surface area contributed by atoms with Gasteiger partial charge in [0.1, 0.15) is 6.61 Å². The first-order chi connectivity index (χ1) is 16.8. The molecule has 0 unspecified atom stereocenters. The SMILES string of the molecule is C[C@H]1CN(C(=O)CC2CC(NC(=O)OCC3c4ccccc4-c4ccccc43)C2)C[C@]1(C)C(=O)O. The fourth-order valence-corrected chi connectivity index (χ4v) is 5.82. The average molecular weight is 477 g/mol. The molecule has 0 radical (unpaired) electrons. The molecule has 2 aliphatic carbocycles. The van der Waals surface area contributed by atoms with Gasteiger partial charge in [-0.05, 0) is 53.9 Å². The number of fused-ring (bicyclic) bond motifs is 3. The van der Waals surface area contributed by atoms with Crippen molar-refractivity contribution in [3.63, 3.8) is 0 Å². The predicted octanol–water partition coefficient (Wildman–Crippen LogP) is 4.26. The Morgan fingerprint density at radius 3 is 2.23 bits per heavy atom. The second-order valence-electron chi connectivity index (χ2n) is 10.6. The first kappa shape index (κ1) is 23.4. The van der Waals surface area contributed by atoms with Crippen LogP contribution in [0.1, 0.15) is 50.2 Å². The number of carbonyl (C=O) groups is 3. The van der Waals surface area contributed by atoms with Crippen LogP contribution in [-0.2, 0) is 14.3 Å². The predicted molar refractivity (Wildman–Crippen MR) is 131 cm³/mol. The molecule has 7 nitrogen and oxygen atoms in total. The largest absolute Gasteiger partial charge is 0.481 e. The molecular weight excluding hydrogens is 444 g/mol. The number of carboxylic acids is 1. The van der Waals surface area contributed by atoms with Crippen LogP contribution in [0.3, 0.4) is 0 Å². The fraction of sp³-hybridized carbons (Fsp3) is 0.464. The lowest BCUT2D eigenvalue weighted by molar-refractivity contribution is -0.149. The molecule has 35 heavy (non-hydrogen) atoms. The number of nitrogens with zero attached hydrogens (tertiary/aromatic N) is 1. The molecule has 5 rings (SSSR count). The highest BCUT2D eigenvalue weighted by atomic mass is 16.5. The molecule has 0 aromatic heterocycles. The van der Waals surface area contributed by atoms with E-state index in [4.69, 9.17) is 4.74 Å². The van der Waals surface area contributed by atoms with Crippen LogP contribution in [-0.4, -0.2) is 53.7 Å². The monoisotopic (exact) mass is 476 g/mol. The first-order valence-corrected chi connectivity index (χ1v) is 12.4. The number of alkyl carbamates (subject to hydrolysis) is 1. The van der Waals surface area contributed by atoms with E-state index in [9.17, 15) is 19.5 Å². The lowest BCUT2D eigenvalue weighted by Crippen LogP contribution is -2.46. The molecule has 2 N–H and O–H groups in total. The van der Waals surface area contributed by atoms with Gasteiger partial charge in [0.15, 0.2) is 0 Å². The maximum absolute atomic E-state index is 12.7. The summed E-state index contributed by atoms with van der Waals surface area (Å²) in [6.07, 6.45) is 1.43. The Labute approximate surface area is 205 Å². The maximum Gasteiger partial charge on any atom is 0.407 e. The minimum atomic E-state index is -0.885. The highest BCUT2D eigenvalue weighted by Crippen LogP contribution is 2.44. The molecule has 1 aliphatic heterocycles. The normalized spacial score (nSPS) is 27.0. The average Bonchev–Trinajstić information content (AvgIpc) is 3.31. The Bertz CT molecular complexity index is 1110. The van der Waals surface area contributed by atoms with Crippen LogP contribution in [0.4, 0.5) is 4.79 Å². The van der Waals surface area contributed by atoms with Crippen LogP contribution >= 0.6 is 0 Å². The number of amides is 2. The summed E-state index contributed by atoms with van der Waals surface area (Å²) in [5.74, 6) is -0.691. The molecule has 2 fully saturated rings. The Morgan fingerprint density at radius 1 is 1.06 bits per heavy atom. The van der Waals surface area contributed by atoms with Crippen molar-refractivity contribution in [2.75, 3.05) is 19.7 Å². The molecule has 2 aromatic rings.